The van der Waals surface area contributed by atoms with Crippen molar-refractivity contribution >= 4 is 23.3 Å². The molecule has 1 aliphatic carbocycles. The summed E-state index contributed by atoms with van der Waals surface area (Å²) >= 11 is 6.41. The molecule has 3 aromatic rings. The monoisotopic (exact) mass is 559 g/mol. The molecule has 206 valence electrons. The van der Waals surface area contributed by atoms with E-state index in [1.54, 1.807) is 19.0 Å². The van der Waals surface area contributed by atoms with E-state index in [1.165, 1.54) is 6.07 Å². The third-order valence-corrected chi connectivity index (χ3v) is 8.35. The summed E-state index contributed by atoms with van der Waals surface area (Å²) in [5, 5.41) is 9.84. The second-order valence-electron chi connectivity index (χ2n) is 10.8. The van der Waals surface area contributed by atoms with E-state index >= 15 is 0 Å². The van der Waals surface area contributed by atoms with Gasteiger partial charge >= 0.3 is 0 Å². The van der Waals surface area contributed by atoms with Crippen molar-refractivity contribution in [2.24, 2.45) is 0 Å². The van der Waals surface area contributed by atoms with Gasteiger partial charge in [-0.1, -0.05) is 11.6 Å². The third kappa shape index (κ3) is 4.55. The zero-order valence-electron chi connectivity index (χ0n) is 21.7. The van der Waals surface area contributed by atoms with Gasteiger partial charge in [0.15, 0.2) is 11.6 Å². The van der Waals surface area contributed by atoms with Gasteiger partial charge < -0.3 is 9.80 Å². The predicted octanol–water partition coefficient (Wildman–Crippen LogP) is 4.71. The van der Waals surface area contributed by atoms with E-state index in [2.05, 4.69) is 24.6 Å². The molecule has 6 rings (SSSR count). The van der Waals surface area contributed by atoms with Gasteiger partial charge in [0.05, 0.1) is 12.2 Å². The van der Waals surface area contributed by atoms with Crippen LogP contribution in [0.1, 0.15) is 60.9 Å². The Balaban J connectivity index is 1.29. The smallest absolute Gasteiger partial charge is 0.283 e. The number of nitrogens with zero attached hydrogens (tertiary/aromatic N) is 7. The van der Waals surface area contributed by atoms with Crippen molar-refractivity contribution in [1.29, 1.82) is 0 Å². The Hall–Kier alpha value is -3.18. The van der Waals surface area contributed by atoms with Crippen LogP contribution in [0.2, 0.25) is 5.02 Å². The molecule has 1 aromatic carbocycles. The Labute approximate surface area is 229 Å². The highest BCUT2D eigenvalue weighted by atomic mass is 35.5. The highest BCUT2D eigenvalue weighted by molar-refractivity contribution is 6.30. The molecule has 1 amide bonds. The lowest BCUT2D eigenvalue weighted by Crippen LogP contribution is -2.48. The summed E-state index contributed by atoms with van der Waals surface area (Å²) in [6, 6.07) is 8.28. The Morgan fingerprint density at radius 2 is 1.85 bits per heavy atom. The number of hydrogen-bond acceptors (Lipinski definition) is 6. The molecule has 2 aliphatic heterocycles. The lowest BCUT2D eigenvalue weighted by atomic mass is 9.95. The van der Waals surface area contributed by atoms with Crippen LogP contribution in [0.4, 0.5) is 19.0 Å². The molecule has 0 spiro atoms. The quantitative estimate of drug-likeness (QED) is 0.451. The Bertz CT molecular complexity index is 1420. The number of amides is 1. The standard InChI is InChI=1S/C27H29ClF3N7O/c1-35(2)26(39)27(9-10-27)37-14-17-13-18(28)3-5-20(17)38-22(15-37)33-34-25(38)16-7-11-36(12-8-16)21-6-4-19(29)23(32-21)24(30)31/h3-6,13,16,24H,7-12,14-15H2,1-2H3. The van der Waals surface area contributed by atoms with Gasteiger partial charge in [-0.05, 0) is 61.6 Å². The van der Waals surface area contributed by atoms with E-state index in [9.17, 15) is 18.0 Å². The molecular formula is C27H29ClF3N7O. The summed E-state index contributed by atoms with van der Waals surface area (Å²) in [4.78, 5) is 22.8. The number of likely N-dealkylation sites (N-methyl/N-ethyl adjacent to an activating group) is 1. The van der Waals surface area contributed by atoms with Crippen molar-refractivity contribution in [2.75, 3.05) is 32.1 Å². The van der Waals surface area contributed by atoms with E-state index in [0.717, 1.165) is 41.8 Å². The number of halogens is 4. The fourth-order valence-electron chi connectivity index (χ4n) is 5.94. The summed E-state index contributed by atoms with van der Waals surface area (Å²) in [6.45, 7) is 2.18. The number of fused-ring (bicyclic) bond motifs is 3. The van der Waals surface area contributed by atoms with Crippen molar-refractivity contribution in [3.05, 3.63) is 64.1 Å². The van der Waals surface area contributed by atoms with Crippen LogP contribution in [-0.4, -0.2) is 68.2 Å². The van der Waals surface area contributed by atoms with Crippen LogP contribution in [0.25, 0.3) is 5.69 Å². The number of carbonyl (C=O) groups excluding carboxylic acids is 1. The molecule has 4 heterocycles. The van der Waals surface area contributed by atoms with Crippen LogP contribution in [-0.2, 0) is 17.9 Å². The first-order valence-electron chi connectivity index (χ1n) is 13.1. The second kappa shape index (κ2) is 9.78. The van der Waals surface area contributed by atoms with Gasteiger partial charge in [0.25, 0.3) is 6.43 Å². The molecular weight excluding hydrogens is 531 g/mol. The largest absolute Gasteiger partial charge is 0.357 e. The van der Waals surface area contributed by atoms with Gasteiger partial charge in [0.2, 0.25) is 5.91 Å². The van der Waals surface area contributed by atoms with E-state index < -0.39 is 23.5 Å². The van der Waals surface area contributed by atoms with Crippen molar-refractivity contribution in [3.63, 3.8) is 0 Å². The molecule has 3 aliphatic rings. The summed E-state index contributed by atoms with van der Waals surface area (Å²) in [6.07, 6.45) is 0.0342. The average Bonchev–Trinajstić information content (AvgIpc) is 3.65. The minimum Gasteiger partial charge on any atom is -0.357 e. The highest BCUT2D eigenvalue weighted by Crippen LogP contribution is 2.46. The van der Waals surface area contributed by atoms with Crippen molar-refractivity contribution in [3.8, 4) is 5.69 Å². The molecule has 0 atom stereocenters. The lowest BCUT2D eigenvalue weighted by molar-refractivity contribution is -0.136. The summed E-state index contributed by atoms with van der Waals surface area (Å²) in [5.41, 5.74) is 0.592. The minimum atomic E-state index is -2.97. The Kier molecular flexibility index (Phi) is 6.53. The minimum absolute atomic E-state index is 0.0749. The maximum atomic E-state index is 13.8. The maximum Gasteiger partial charge on any atom is 0.283 e. The topological polar surface area (TPSA) is 70.4 Å². The number of pyridine rings is 1. The molecule has 0 bridgehead atoms. The molecule has 8 nitrogen and oxygen atoms in total. The summed E-state index contributed by atoms with van der Waals surface area (Å²) in [7, 11) is 3.57. The number of aromatic nitrogens is 4. The van der Waals surface area contributed by atoms with Crippen LogP contribution in [0.15, 0.2) is 30.3 Å². The molecule has 1 saturated carbocycles. The van der Waals surface area contributed by atoms with E-state index in [1.807, 2.05) is 23.1 Å². The Morgan fingerprint density at radius 3 is 2.51 bits per heavy atom. The van der Waals surface area contributed by atoms with Crippen molar-refractivity contribution < 1.29 is 18.0 Å². The molecule has 12 heteroatoms. The van der Waals surface area contributed by atoms with E-state index in [4.69, 9.17) is 11.6 Å². The van der Waals surface area contributed by atoms with Gasteiger partial charge in [-0.25, -0.2) is 18.2 Å². The van der Waals surface area contributed by atoms with Gasteiger partial charge in [-0.15, -0.1) is 10.2 Å². The van der Waals surface area contributed by atoms with Crippen LogP contribution in [0.3, 0.4) is 0 Å². The molecule has 0 unspecified atom stereocenters. The fraction of sp³-hybridized carbons (Fsp3) is 0.481. The number of carbonyl (C=O) groups is 1. The van der Waals surface area contributed by atoms with Crippen LogP contribution in [0.5, 0.6) is 0 Å². The summed E-state index contributed by atoms with van der Waals surface area (Å²) < 4.78 is 42.2. The molecule has 2 fully saturated rings. The number of rotatable bonds is 5. The first-order chi connectivity index (χ1) is 18.7. The zero-order valence-corrected chi connectivity index (χ0v) is 22.5. The SMILES string of the molecule is CN(C)C(=O)C1(N2Cc3cc(Cl)ccc3-n3c(nnc3C3CCN(c4ccc(F)c(C(F)F)n4)CC3)C2)CC1. The zero-order chi connectivity index (χ0) is 27.5. The fourth-order valence-corrected chi connectivity index (χ4v) is 6.13. The van der Waals surface area contributed by atoms with Gasteiger partial charge in [-0.3, -0.25) is 14.3 Å². The normalized spacial score (nSPS) is 19.0. The van der Waals surface area contributed by atoms with Crippen molar-refractivity contribution in [2.45, 2.75) is 56.7 Å². The molecule has 39 heavy (non-hydrogen) atoms. The number of hydrogen-bond donors (Lipinski definition) is 0. The summed E-state index contributed by atoms with van der Waals surface area (Å²) in [5.74, 6) is 1.12. The highest BCUT2D eigenvalue weighted by Gasteiger charge is 2.56. The van der Waals surface area contributed by atoms with E-state index in [-0.39, 0.29) is 11.8 Å². The van der Waals surface area contributed by atoms with E-state index in [0.29, 0.717) is 49.9 Å². The predicted molar refractivity (Wildman–Crippen MR) is 140 cm³/mol. The number of benzene rings is 1. The van der Waals surface area contributed by atoms with Crippen LogP contribution >= 0.6 is 11.6 Å². The van der Waals surface area contributed by atoms with Crippen LogP contribution in [0, 0.1) is 5.82 Å². The second-order valence-corrected chi connectivity index (χ2v) is 11.2. The Morgan fingerprint density at radius 1 is 1.10 bits per heavy atom. The third-order valence-electron chi connectivity index (χ3n) is 8.11. The maximum absolute atomic E-state index is 13.8. The van der Waals surface area contributed by atoms with Gasteiger partial charge in [0.1, 0.15) is 22.9 Å². The van der Waals surface area contributed by atoms with Crippen molar-refractivity contribution in [1.82, 2.24) is 29.5 Å². The molecule has 0 radical (unpaired) electrons. The number of alkyl halides is 2. The molecule has 0 N–H and O–H groups in total. The molecule has 2 aromatic heterocycles. The van der Waals surface area contributed by atoms with Crippen LogP contribution < -0.4 is 4.90 Å². The number of anilines is 1. The van der Waals surface area contributed by atoms with Gasteiger partial charge in [-0.2, -0.15) is 0 Å². The average molecular weight is 560 g/mol. The first kappa shape index (κ1) is 26.1. The number of piperidine rings is 1. The first-order valence-corrected chi connectivity index (χ1v) is 13.4. The lowest BCUT2D eigenvalue weighted by Gasteiger charge is -2.32. The van der Waals surface area contributed by atoms with Gasteiger partial charge in [0, 0.05) is 44.7 Å². The molecule has 1 saturated heterocycles.